The van der Waals surface area contributed by atoms with Gasteiger partial charge in [0.05, 0.1) is 0 Å². The first-order valence-electron chi connectivity index (χ1n) is 12.9. The number of aliphatic hydroxyl groups is 9. The van der Waals surface area contributed by atoms with Gasteiger partial charge >= 0.3 is 0 Å². The fourth-order valence-corrected chi connectivity index (χ4v) is 6.28. The lowest BCUT2D eigenvalue weighted by molar-refractivity contribution is -0.423. The second-order valence-electron chi connectivity index (χ2n) is 11.3. The average Bonchev–Trinajstić information content (AvgIpc) is 2.90. The molecule has 2 saturated heterocycles. The van der Waals surface area contributed by atoms with E-state index in [1.165, 1.54) is 0 Å². The van der Waals surface area contributed by atoms with Crippen LogP contribution in [0.3, 0.4) is 0 Å². The highest BCUT2D eigenvalue weighted by Crippen LogP contribution is 2.57. The number of carbonyl (C=O) groups is 7. The molecule has 9 N–H and O–H groups in total. The summed E-state index contributed by atoms with van der Waals surface area (Å²) < 4.78 is 10.3. The van der Waals surface area contributed by atoms with Crippen molar-refractivity contribution in [2.75, 3.05) is 0 Å². The van der Waals surface area contributed by atoms with E-state index < -0.39 is 111 Å². The van der Waals surface area contributed by atoms with Gasteiger partial charge in [-0.15, -0.1) is 0 Å². The molecule has 0 aromatic rings. The van der Waals surface area contributed by atoms with E-state index in [9.17, 15) is 79.5 Å². The van der Waals surface area contributed by atoms with Crippen LogP contribution in [0.2, 0.25) is 0 Å². The summed E-state index contributed by atoms with van der Waals surface area (Å²) in [5.41, 5.74) is -25.3. The molecule has 2 rings (SSSR count). The third-order valence-corrected chi connectivity index (χ3v) is 8.81. The third kappa shape index (κ3) is 4.18. The first-order chi connectivity index (χ1) is 19.7. The number of Topliss-reactive ketones (excluding diaryl/α,β-unsaturated/α-hetero) is 7. The number of carbonyl (C=O) groups excluding carboxylic acids is 7. The SMILES string of the molecule is CC(=O)C(O)[C@H]1OC(O)[C@@](O)(C(C)=O)[C@](O)(C(C)=O)[C@@]1(O)[C@H]1O[C@H](C(O)C(C)=O)[C@](O)(C(C)=O)[C@@](O)(C(C)=O)[C@]1(O)C(C)=O. The van der Waals surface area contributed by atoms with E-state index in [0.717, 1.165) is 0 Å². The standard InChI is InChI=1S/C26H36O18/c1-8(27)15(34)17-21(37,10(3)29)25(41,13(6)32)22(38,11(4)30)19(43-17)24(40)18(16(35)9(2)28)44-20(36)23(39,12(5)31)26(24,42)14(7)33/h15-20,34-42H,1-7H3/t15?,16?,17-,18-,19+,20?,21-,22+,23+,24+,25+,26-/m1/s1. The van der Waals surface area contributed by atoms with Crippen LogP contribution < -0.4 is 0 Å². The van der Waals surface area contributed by atoms with Crippen LogP contribution >= 0.6 is 0 Å². The highest BCUT2D eigenvalue weighted by molar-refractivity contribution is 6.06. The van der Waals surface area contributed by atoms with Gasteiger partial charge in [0.15, 0.2) is 74.8 Å². The van der Waals surface area contributed by atoms with Gasteiger partial charge in [-0.2, -0.15) is 0 Å². The van der Waals surface area contributed by atoms with Gasteiger partial charge < -0.3 is 55.4 Å². The van der Waals surface area contributed by atoms with Crippen molar-refractivity contribution >= 4 is 40.5 Å². The number of ether oxygens (including phenoxy) is 2. The Morgan fingerprint density at radius 3 is 1.20 bits per heavy atom. The maximum absolute atomic E-state index is 13.3. The molecule has 2 aliphatic rings. The molecule has 2 heterocycles. The van der Waals surface area contributed by atoms with Gasteiger partial charge in [0.25, 0.3) is 0 Å². The highest BCUT2D eigenvalue weighted by atomic mass is 16.7. The molecule has 0 aromatic heterocycles. The fraction of sp³-hybridized carbons (Fsp3) is 0.731. The smallest absolute Gasteiger partial charge is 0.212 e. The molecular formula is C26H36O18. The first-order valence-corrected chi connectivity index (χ1v) is 12.9. The molecular weight excluding hydrogens is 600 g/mol. The van der Waals surface area contributed by atoms with Gasteiger partial charge in [-0.3, -0.25) is 33.6 Å². The molecule has 2 aliphatic heterocycles. The molecule has 248 valence electrons. The average molecular weight is 637 g/mol. The first kappa shape index (κ1) is 37.4. The Balaban J connectivity index is 3.39. The van der Waals surface area contributed by atoms with Crippen LogP contribution in [0.1, 0.15) is 48.5 Å². The van der Waals surface area contributed by atoms with Crippen molar-refractivity contribution < 1.29 is 89.0 Å². The van der Waals surface area contributed by atoms with E-state index in [1.54, 1.807) is 0 Å². The maximum atomic E-state index is 13.3. The van der Waals surface area contributed by atoms with Gasteiger partial charge in [0.2, 0.25) is 5.60 Å². The topological polar surface area (TPSA) is 320 Å². The molecule has 0 radical (unpaired) electrons. The van der Waals surface area contributed by atoms with Crippen LogP contribution in [0, 0.1) is 0 Å². The maximum Gasteiger partial charge on any atom is 0.212 e. The summed E-state index contributed by atoms with van der Waals surface area (Å²) >= 11 is 0. The Labute approximate surface area is 248 Å². The van der Waals surface area contributed by atoms with Gasteiger partial charge in [-0.1, -0.05) is 0 Å². The van der Waals surface area contributed by atoms with E-state index in [-0.39, 0.29) is 0 Å². The van der Waals surface area contributed by atoms with Crippen LogP contribution in [0.5, 0.6) is 0 Å². The van der Waals surface area contributed by atoms with Crippen LogP contribution in [-0.2, 0) is 43.0 Å². The Bertz CT molecular complexity index is 1310. The van der Waals surface area contributed by atoms with Crippen LogP contribution in [0.15, 0.2) is 0 Å². The molecule has 0 aliphatic carbocycles. The Morgan fingerprint density at radius 2 is 0.886 bits per heavy atom. The highest BCUT2D eigenvalue weighted by Gasteiger charge is 2.88. The zero-order chi connectivity index (χ0) is 34.9. The zero-order valence-corrected chi connectivity index (χ0v) is 24.7. The van der Waals surface area contributed by atoms with E-state index in [1.807, 2.05) is 0 Å². The summed E-state index contributed by atoms with van der Waals surface area (Å²) in [6.45, 7) is 3.31. The quantitative estimate of drug-likeness (QED) is 0.108. The molecule has 3 unspecified atom stereocenters. The lowest BCUT2D eigenvalue weighted by atomic mass is 9.51. The molecule has 12 atom stereocenters. The lowest BCUT2D eigenvalue weighted by Gasteiger charge is -2.66. The molecule has 2 fully saturated rings. The van der Waals surface area contributed by atoms with E-state index in [4.69, 9.17) is 9.47 Å². The van der Waals surface area contributed by atoms with Crippen molar-refractivity contribution in [2.45, 2.75) is 119 Å². The van der Waals surface area contributed by atoms with E-state index >= 15 is 0 Å². The van der Waals surface area contributed by atoms with Gasteiger partial charge in [0.1, 0.15) is 30.5 Å². The van der Waals surface area contributed by atoms with Crippen molar-refractivity contribution in [2.24, 2.45) is 0 Å². The second kappa shape index (κ2) is 11.2. The summed E-state index contributed by atoms with van der Waals surface area (Å²) in [6, 6.07) is 0. The van der Waals surface area contributed by atoms with Gasteiger partial charge in [-0.05, 0) is 48.5 Å². The predicted octanol–water partition coefficient (Wildman–Crippen LogP) is -6.30. The Kier molecular flexibility index (Phi) is 9.57. The monoisotopic (exact) mass is 636 g/mol. The van der Waals surface area contributed by atoms with Crippen molar-refractivity contribution in [3.05, 3.63) is 0 Å². The molecule has 18 nitrogen and oxygen atoms in total. The molecule has 0 bridgehead atoms. The zero-order valence-electron chi connectivity index (χ0n) is 24.7. The Hall–Kier alpha value is -2.75. The summed E-state index contributed by atoms with van der Waals surface area (Å²) in [7, 11) is 0. The predicted molar refractivity (Wildman–Crippen MR) is 136 cm³/mol. The van der Waals surface area contributed by atoms with Crippen molar-refractivity contribution in [1.82, 2.24) is 0 Å². The fourth-order valence-electron chi connectivity index (χ4n) is 6.28. The third-order valence-electron chi connectivity index (χ3n) is 8.81. The van der Waals surface area contributed by atoms with E-state index in [2.05, 4.69) is 0 Å². The number of rotatable bonds is 10. The summed E-state index contributed by atoms with van der Waals surface area (Å²) in [4.78, 5) is 89.9. The molecule has 18 heteroatoms. The molecule has 0 spiro atoms. The van der Waals surface area contributed by atoms with Gasteiger partial charge in [0, 0.05) is 0 Å². The second-order valence-corrected chi connectivity index (χ2v) is 11.3. The normalized spacial score (nSPS) is 43.8. The van der Waals surface area contributed by atoms with Gasteiger partial charge in [-0.25, -0.2) is 0 Å². The lowest BCUT2D eigenvalue weighted by Crippen LogP contribution is -2.95. The van der Waals surface area contributed by atoms with Crippen molar-refractivity contribution in [3.63, 3.8) is 0 Å². The molecule has 44 heavy (non-hydrogen) atoms. The van der Waals surface area contributed by atoms with Crippen LogP contribution in [0.4, 0.5) is 0 Å². The minimum Gasteiger partial charge on any atom is -0.382 e. The van der Waals surface area contributed by atoms with Crippen molar-refractivity contribution in [1.29, 1.82) is 0 Å². The van der Waals surface area contributed by atoms with E-state index in [0.29, 0.717) is 48.5 Å². The number of hydrogen-bond acceptors (Lipinski definition) is 18. The molecule has 0 aromatic carbocycles. The summed E-state index contributed by atoms with van der Waals surface area (Å²) in [6.07, 6.45) is -18.3. The number of aliphatic hydroxyl groups excluding tert-OH is 3. The minimum absolute atomic E-state index is 0.370. The molecule has 0 saturated carbocycles. The largest absolute Gasteiger partial charge is 0.382 e. The Morgan fingerprint density at radius 1 is 0.523 bits per heavy atom. The number of ketones is 7. The molecule has 0 amide bonds. The number of hydrogen-bond donors (Lipinski definition) is 9. The van der Waals surface area contributed by atoms with Crippen LogP contribution in [-0.4, -0.2) is 157 Å². The van der Waals surface area contributed by atoms with Crippen molar-refractivity contribution in [3.8, 4) is 0 Å². The summed E-state index contributed by atoms with van der Waals surface area (Å²) in [5, 5.41) is 103. The minimum atomic E-state index is -4.36. The summed E-state index contributed by atoms with van der Waals surface area (Å²) in [5.74, 6) is -12.0. The van der Waals surface area contributed by atoms with Crippen LogP contribution in [0.25, 0.3) is 0 Å².